The Balaban J connectivity index is 0.000000244. The smallest absolute Gasteiger partial charge is 0.307 e. The lowest BCUT2D eigenvalue weighted by atomic mass is 10.2. The van der Waals surface area contributed by atoms with Gasteiger partial charge in [-0.2, -0.15) is 0 Å². The first-order chi connectivity index (χ1) is 16.2. The molecule has 2 N–H and O–H groups in total. The molecular formula is C26H24ClNO6. The predicted octanol–water partition coefficient (Wildman–Crippen LogP) is 5.40. The van der Waals surface area contributed by atoms with Gasteiger partial charge in [-0.15, -0.1) is 0 Å². The molecule has 0 radical (unpaired) electrons. The Bertz CT molecular complexity index is 1250. The SMILES string of the molecule is CC(=O)O.COc1ccc2c(ccn2C(=O)c2ccc(Cl)cc2)c1.O=C(O)Cc1ccccc1. The Hall–Kier alpha value is -4.10. The summed E-state index contributed by atoms with van der Waals surface area (Å²) in [6.07, 6.45) is 1.88. The molecule has 4 aromatic rings. The molecule has 0 saturated carbocycles. The van der Waals surface area contributed by atoms with Gasteiger partial charge in [-0.3, -0.25) is 19.0 Å². The van der Waals surface area contributed by atoms with Gasteiger partial charge in [-0.05, 0) is 54.1 Å². The van der Waals surface area contributed by atoms with Crippen LogP contribution in [0, 0.1) is 0 Å². The molecule has 0 unspecified atom stereocenters. The number of halogens is 1. The molecule has 0 bridgehead atoms. The van der Waals surface area contributed by atoms with E-state index in [0.29, 0.717) is 10.6 Å². The number of methoxy groups -OCH3 is 1. The van der Waals surface area contributed by atoms with Crippen LogP contribution in [0.15, 0.2) is 85.1 Å². The van der Waals surface area contributed by atoms with Crippen molar-refractivity contribution < 1.29 is 29.3 Å². The number of benzene rings is 3. The van der Waals surface area contributed by atoms with Crippen LogP contribution < -0.4 is 4.74 Å². The van der Waals surface area contributed by atoms with E-state index in [9.17, 15) is 9.59 Å². The number of aliphatic carboxylic acids is 2. The van der Waals surface area contributed by atoms with Gasteiger partial charge in [0.15, 0.2) is 0 Å². The lowest BCUT2D eigenvalue weighted by Gasteiger charge is -2.05. The molecule has 0 fully saturated rings. The quantitative estimate of drug-likeness (QED) is 0.404. The van der Waals surface area contributed by atoms with Crippen LogP contribution in [-0.2, 0) is 16.0 Å². The van der Waals surface area contributed by atoms with Gasteiger partial charge in [0.1, 0.15) is 5.75 Å². The summed E-state index contributed by atoms with van der Waals surface area (Å²) < 4.78 is 6.80. The molecule has 0 saturated heterocycles. The van der Waals surface area contributed by atoms with E-state index in [1.54, 1.807) is 54.3 Å². The molecule has 0 aliphatic carbocycles. The molecule has 0 atom stereocenters. The Morgan fingerprint density at radius 1 is 0.912 bits per heavy atom. The van der Waals surface area contributed by atoms with Gasteiger partial charge in [0.25, 0.3) is 11.9 Å². The number of carbonyl (C=O) groups is 3. The maximum absolute atomic E-state index is 12.5. The first kappa shape index (κ1) is 26.2. The van der Waals surface area contributed by atoms with Crippen LogP contribution in [0.3, 0.4) is 0 Å². The molecule has 1 heterocycles. The highest BCUT2D eigenvalue weighted by atomic mass is 35.5. The fraction of sp³-hybridized carbons (Fsp3) is 0.115. The Kier molecular flexibility index (Phi) is 9.86. The van der Waals surface area contributed by atoms with Crippen molar-refractivity contribution >= 4 is 40.3 Å². The van der Waals surface area contributed by atoms with Crippen LogP contribution in [0.25, 0.3) is 10.9 Å². The van der Waals surface area contributed by atoms with Gasteiger partial charge in [-0.25, -0.2) is 0 Å². The van der Waals surface area contributed by atoms with Crippen molar-refractivity contribution in [3.63, 3.8) is 0 Å². The zero-order valence-corrected chi connectivity index (χ0v) is 19.4. The minimum atomic E-state index is -0.833. The monoisotopic (exact) mass is 481 g/mol. The number of carboxylic acids is 2. The summed E-state index contributed by atoms with van der Waals surface area (Å²) in [6, 6.07) is 23.5. The zero-order chi connectivity index (χ0) is 25.1. The van der Waals surface area contributed by atoms with Crippen LogP contribution in [0.5, 0.6) is 5.75 Å². The second kappa shape index (κ2) is 12.8. The third-order valence-corrected chi connectivity index (χ3v) is 4.66. The highest BCUT2D eigenvalue weighted by Gasteiger charge is 2.11. The van der Waals surface area contributed by atoms with Crippen molar-refractivity contribution in [2.45, 2.75) is 13.3 Å². The topological polar surface area (TPSA) is 106 Å². The van der Waals surface area contributed by atoms with Crippen molar-refractivity contribution in [2.75, 3.05) is 7.11 Å². The van der Waals surface area contributed by atoms with E-state index < -0.39 is 11.9 Å². The summed E-state index contributed by atoms with van der Waals surface area (Å²) in [6.45, 7) is 1.08. The highest BCUT2D eigenvalue weighted by Crippen LogP contribution is 2.23. The molecule has 3 aromatic carbocycles. The number of fused-ring (bicyclic) bond motifs is 1. The Morgan fingerprint density at radius 3 is 2.09 bits per heavy atom. The van der Waals surface area contributed by atoms with Crippen LogP contribution in [0.4, 0.5) is 0 Å². The maximum Gasteiger partial charge on any atom is 0.307 e. The fourth-order valence-electron chi connectivity index (χ4n) is 2.93. The second-order valence-electron chi connectivity index (χ2n) is 7.00. The largest absolute Gasteiger partial charge is 0.497 e. The standard InChI is InChI=1S/C16H12ClNO2.C8H8O2.C2H4O2/c1-20-14-6-7-15-12(10-14)8-9-18(15)16(19)11-2-4-13(17)5-3-11;9-8(10)6-7-4-2-1-3-5-7;1-2(3)4/h2-10H,1H3;1-5H,6H2,(H,9,10);1H3,(H,3,4). The first-order valence-electron chi connectivity index (χ1n) is 10.1. The van der Waals surface area contributed by atoms with Crippen LogP contribution >= 0.6 is 11.6 Å². The molecule has 7 nitrogen and oxygen atoms in total. The van der Waals surface area contributed by atoms with Gasteiger partial charge >= 0.3 is 5.97 Å². The van der Waals surface area contributed by atoms with Gasteiger partial charge < -0.3 is 14.9 Å². The number of hydrogen-bond acceptors (Lipinski definition) is 4. The van der Waals surface area contributed by atoms with E-state index in [1.807, 2.05) is 42.5 Å². The van der Waals surface area contributed by atoms with E-state index in [2.05, 4.69) is 0 Å². The maximum atomic E-state index is 12.5. The van der Waals surface area contributed by atoms with Gasteiger partial charge in [0.2, 0.25) is 0 Å². The predicted molar refractivity (Wildman–Crippen MR) is 131 cm³/mol. The fourth-order valence-corrected chi connectivity index (χ4v) is 3.05. The third kappa shape index (κ3) is 8.11. The first-order valence-corrected chi connectivity index (χ1v) is 10.5. The van der Waals surface area contributed by atoms with E-state index in [-0.39, 0.29) is 12.3 Å². The van der Waals surface area contributed by atoms with Crippen molar-refractivity contribution in [1.29, 1.82) is 0 Å². The number of carbonyl (C=O) groups excluding carboxylic acids is 1. The van der Waals surface area contributed by atoms with Crippen LogP contribution in [-0.4, -0.2) is 39.7 Å². The summed E-state index contributed by atoms with van der Waals surface area (Å²) in [5, 5.41) is 17.4. The van der Waals surface area contributed by atoms with E-state index in [1.165, 1.54) is 0 Å². The molecule has 0 aliphatic heterocycles. The third-order valence-electron chi connectivity index (χ3n) is 4.41. The van der Waals surface area contributed by atoms with E-state index in [4.69, 9.17) is 31.3 Å². The molecule has 176 valence electrons. The Labute approximate surface area is 201 Å². The van der Waals surface area contributed by atoms with Gasteiger partial charge in [-0.1, -0.05) is 41.9 Å². The molecule has 8 heteroatoms. The molecule has 34 heavy (non-hydrogen) atoms. The molecule has 0 aliphatic rings. The normalized spacial score (nSPS) is 9.74. The number of hydrogen-bond donors (Lipinski definition) is 2. The van der Waals surface area contributed by atoms with Crippen LogP contribution in [0.1, 0.15) is 22.8 Å². The average molecular weight is 482 g/mol. The summed E-state index contributed by atoms with van der Waals surface area (Å²) in [5.41, 5.74) is 2.29. The number of carboxylic acid groups (broad SMARTS) is 2. The minimum Gasteiger partial charge on any atom is -0.497 e. The molecule has 1 aromatic heterocycles. The van der Waals surface area contributed by atoms with Gasteiger partial charge in [0, 0.05) is 29.1 Å². The second-order valence-corrected chi connectivity index (χ2v) is 7.43. The molecule has 0 amide bonds. The van der Waals surface area contributed by atoms with Crippen molar-refractivity contribution in [3.05, 3.63) is 101 Å². The van der Waals surface area contributed by atoms with Crippen molar-refractivity contribution in [2.24, 2.45) is 0 Å². The zero-order valence-electron chi connectivity index (χ0n) is 18.6. The average Bonchev–Trinajstić information content (AvgIpc) is 3.22. The lowest BCUT2D eigenvalue weighted by Crippen LogP contribution is -2.10. The summed E-state index contributed by atoms with van der Waals surface area (Å²) in [5.74, 6) is -0.928. The number of rotatable bonds is 4. The van der Waals surface area contributed by atoms with Crippen LogP contribution in [0.2, 0.25) is 5.02 Å². The van der Waals surface area contributed by atoms with E-state index in [0.717, 1.165) is 29.1 Å². The summed E-state index contributed by atoms with van der Waals surface area (Å²) in [4.78, 5) is 31.6. The summed E-state index contributed by atoms with van der Waals surface area (Å²) >= 11 is 5.84. The molecular weight excluding hydrogens is 458 g/mol. The van der Waals surface area contributed by atoms with Gasteiger partial charge in [0.05, 0.1) is 19.0 Å². The number of aromatic nitrogens is 1. The Morgan fingerprint density at radius 2 is 1.53 bits per heavy atom. The number of ether oxygens (including phenoxy) is 1. The molecule has 4 rings (SSSR count). The van der Waals surface area contributed by atoms with E-state index >= 15 is 0 Å². The highest BCUT2D eigenvalue weighted by molar-refractivity contribution is 6.30. The number of nitrogens with zero attached hydrogens (tertiary/aromatic N) is 1. The summed E-state index contributed by atoms with van der Waals surface area (Å²) in [7, 11) is 1.62. The van der Waals surface area contributed by atoms with Crippen molar-refractivity contribution in [1.82, 2.24) is 4.57 Å². The lowest BCUT2D eigenvalue weighted by molar-refractivity contribution is -0.136. The van der Waals surface area contributed by atoms with Crippen molar-refractivity contribution in [3.8, 4) is 5.75 Å². The minimum absolute atomic E-state index is 0.0816. The molecule has 0 spiro atoms.